The minimum Gasteiger partial charge on any atom is -0.398 e. The van der Waals surface area contributed by atoms with Gasteiger partial charge in [0.2, 0.25) is 5.91 Å². The Morgan fingerprint density at radius 1 is 1.15 bits per heavy atom. The SMILES string of the molecule is NC(=O)c1ccc(CN2CCc3c(N)cccc32)cc1. The second kappa shape index (κ2) is 4.89. The molecule has 0 atom stereocenters. The van der Waals surface area contributed by atoms with E-state index >= 15 is 0 Å². The van der Waals surface area contributed by atoms with Gasteiger partial charge >= 0.3 is 0 Å². The van der Waals surface area contributed by atoms with Gasteiger partial charge < -0.3 is 16.4 Å². The third-order valence-electron chi connectivity index (χ3n) is 3.77. The third-order valence-corrected chi connectivity index (χ3v) is 3.77. The predicted molar refractivity (Wildman–Crippen MR) is 80.6 cm³/mol. The number of nitrogen functional groups attached to an aromatic ring is 1. The van der Waals surface area contributed by atoms with Crippen molar-refractivity contribution in [3.63, 3.8) is 0 Å². The molecule has 2 aromatic carbocycles. The van der Waals surface area contributed by atoms with Crippen molar-refractivity contribution in [3.05, 3.63) is 59.2 Å². The second-order valence-corrected chi connectivity index (χ2v) is 5.08. The van der Waals surface area contributed by atoms with Gasteiger partial charge in [-0.15, -0.1) is 0 Å². The van der Waals surface area contributed by atoms with Crippen LogP contribution in [0.2, 0.25) is 0 Å². The summed E-state index contributed by atoms with van der Waals surface area (Å²) in [5.41, 5.74) is 16.3. The number of fused-ring (bicyclic) bond motifs is 1. The Morgan fingerprint density at radius 3 is 2.60 bits per heavy atom. The highest BCUT2D eigenvalue weighted by atomic mass is 16.1. The normalized spacial score (nSPS) is 13.3. The number of primary amides is 1. The van der Waals surface area contributed by atoms with Crippen LogP contribution in [0.1, 0.15) is 21.5 Å². The van der Waals surface area contributed by atoms with Gasteiger partial charge in [0.15, 0.2) is 0 Å². The van der Waals surface area contributed by atoms with E-state index in [2.05, 4.69) is 11.0 Å². The number of hydrogen-bond acceptors (Lipinski definition) is 3. The third kappa shape index (κ3) is 2.20. The fraction of sp³-hybridized carbons (Fsp3) is 0.188. The fourth-order valence-electron chi connectivity index (χ4n) is 2.69. The van der Waals surface area contributed by atoms with Gasteiger partial charge in [-0.25, -0.2) is 0 Å². The largest absolute Gasteiger partial charge is 0.398 e. The van der Waals surface area contributed by atoms with Crippen LogP contribution >= 0.6 is 0 Å². The molecular formula is C16H17N3O. The quantitative estimate of drug-likeness (QED) is 0.835. The number of amides is 1. The second-order valence-electron chi connectivity index (χ2n) is 5.08. The van der Waals surface area contributed by atoms with Gasteiger partial charge in [0.25, 0.3) is 0 Å². The molecule has 0 saturated carbocycles. The zero-order valence-electron chi connectivity index (χ0n) is 11.2. The molecular weight excluding hydrogens is 250 g/mol. The first-order valence-electron chi connectivity index (χ1n) is 6.66. The summed E-state index contributed by atoms with van der Waals surface area (Å²) in [6, 6.07) is 13.5. The molecule has 102 valence electrons. The Morgan fingerprint density at radius 2 is 1.90 bits per heavy atom. The molecule has 0 radical (unpaired) electrons. The molecule has 0 aliphatic carbocycles. The van der Waals surface area contributed by atoms with Gasteiger partial charge in [-0.05, 0) is 36.2 Å². The van der Waals surface area contributed by atoms with Crippen molar-refractivity contribution in [1.29, 1.82) is 0 Å². The molecule has 0 saturated heterocycles. The van der Waals surface area contributed by atoms with Crippen molar-refractivity contribution < 1.29 is 4.79 Å². The summed E-state index contributed by atoms with van der Waals surface area (Å²) in [4.78, 5) is 13.4. The number of rotatable bonds is 3. The molecule has 0 bridgehead atoms. The summed E-state index contributed by atoms with van der Waals surface area (Å²) in [5.74, 6) is -0.393. The highest BCUT2D eigenvalue weighted by molar-refractivity contribution is 5.92. The predicted octanol–water partition coefficient (Wildman–Crippen LogP) is 1.93. The van der Waals surface area contributed by atoms with Crippen LogP contribution in [0.3, 0.4) is 0 Å². The van der Waals surface area contributed by atoms with Gasteiger partial charge in [-0.1, -0.05) is 18.2 Å². The summed E-state index contributed by atoms with van der Waals surface area (Å²) >= 11 is 0. The number of benzene rings is 2. The smallest absolute Gasteiger partial charge is 0.248 e. The first-order chi connectivity index (χ1) is 9.65. The lowest BCUT2D eigenvalue weighted by Gasteiger charge is -2.19. The molecule has 1 heterocycles. The minimum absolute atomic E-state index is 0.393. The molecule has 1 amide bonds. The molecule has 3 rings (SSSR count). The van der Waals surface area contributed by atoms with E-state index in [0.29, 0.717) is 5.56 Å². The Kier molecular flexibility index (Phi) is 3.06. The molecule has 20 heavy (non-hydrogen) atoms. The fourth-order valence-corrected chi connectivity index (χ4v) is 2.69. The summed E-state index contributed by atoms with van der Waals surface area (Å²) in [6.07, 6.45) is 0.987. The van der Waals surface area contributed by atoms with Crippen LogP contribution in [-0.2, 0) is 13.0 Å². The van der Waals surface area contributed by atoms with Crippen molar-refractivity contribution >= 4 is 17.3 Å². The summed E-state index contributed by atoms with van der Waals surface area (Å²) in [6.45, 7) is 1.79. The van der Waals surface area contributed by atoms with E-state index in [0.717, 1.165) is 30.8 Å². The maximum absolute atomic E-state index is 11.1. The van der Waals surface area contributed by atoms with E-state index in [1.165, 1.54) is 11.3 Å². The lowest BCUT2D eigenvalue weighted by molar-refractivity contribution is 0.100. The molecule has 1 aliphatic heterocycles. The summed E-state index contributed by atoms with van der Waals surface area (Å²) in [5, 5.41) is 0. The molecule has 0 spiro atoms. The molecule has 2 aromatic rings. The van der Waals surface area contributed by atoms with Crippen molar-refractivity contribution in [2.45, 2.75) is 13.0 Å². The number of carbonyl (C=O) groups excluding carboxylic acids is 1. The van der Waals surface area contributed by atoms with Crippen LogP contribution in [-0.4, -0.2) is 12.5 Å². The van der Waals surface area contributed by atoms with E-state index in [4.69, 9.17) is 11.5 Å². The topological polar surface area (TPSA) is 72.4 Å². The first-order valence-corrected chi connectivity index (χ1v) is 6.66. The number of nitrogens with zero attached hydrogens (tertiary/aromatic N) is 1. The first kappa shape index (κ1) is 12.5. The van der Waals surface area contributed by atoms with Crippen LogP contribution < -0.4 is 16.4 Å². The average molecular weight is 267 g/mol. The Balaban J connectivity index is 1.80. The maximum Gasteiger partial charge on any atom is 0.248 e. The van der Waals surface area contributed by atoms with Crippen molar-refractivity contribution in [3.8, 4) is 0 Å². The van der Waals surface area contributed by atoms with E-state index in [9.17, 15) is 4.79 Å². The highest BCUT2D eigenvalue weighted by Gasteiger charge is 2.20. The van der Waals surface area contributed by atoms with Crippen LogP contribution in [0.15, 0.2) is 42.5 Å². The van der Waals surface area contributed by atoms with Gasteiger partial charge in [-0.2, -0.15) is 0 Å². The number of hydrogen-bond donors (Lipinski definition) is 2. The zero-order valence-corrected chi connectivity index (χ0v) is 11.2. The Labute approximate surface area is 118 Å². The summed E-state index contributed by atoms with van der Waals surface area (Å²) < 4.78 is 0. The Bertz CT molecular complexity index is 649. The van der Waals surface area contributed by atoms with Gasteiger partial charge in [0.05, 0.1) is 0 Å². The van der Waals surface area contributed by atoms with Crippen LogP contribution in [0, 0.1) is 0 Å². The molecule has 4 N–H and O–H groups in total. The average Bonchev–Trinajstić information content (AvgIpc) is 2.84. The summed E-state index contributed by atoms with van der Waals surface area (Å²) in [7, 11) is 0. The highest BCUT2D eigenvalue weighted by Crippen LogP contribution is 2.32. The number of anilines is 2. The lowest BCUT2D eigenvalue weighted by atomic mass is 10.1. The molecule has 0 unspecified atom stereocenters. The van der Waals surface area contributed by atoms with Gasteiger partial charge in [0.1, 0.15) is 0 Å². The van der Waals surface area contributed by atoms with E-state index in [-0.39, 0.29) is 0 Å². The van der Waals surface area contributed by atoms with Crippen LogP contribution in [0.5, 0.6) is 0 Å². The van der Waals surface area contributed by atoms with Crippen molar-refractivity contribution in [2.24, 2.45) is 5.73 Å². The standard InChI is InChI=1S/C16H17N3O/c17-14-2-1-3-15-13(14)8-9-19(15)10-11-4-6-12(7-5-11)16(18)20/h1-7H,8-10,17H2,(H2,18,20). The van der Waals surface area contributed by atoms with Crippen LogP contribution in [0.4, 0.5) is 11.4 Å². The molecule has 4 nitrogen and oxygen atoms in total. The maximum atomic E-state index is 11.1. The molecule has 0 aromatic heterocycles. The van der Waals surface area contributed by atoms with E-state index in [1.807, 2.05) is 24.3 Å². The van der Waals surface area contributed by atoms with Crippen molar-refractivity contribution in [2.75, 3.05) is 17.2 Å². The monoisotopic (exact) mass is 267 g/mol. The number of carbonyl (C=O) groups is 1. The zero-order chi connectivity index (χ0) is 14.1. The van der Waals surface area contributed by atoms with Crippen LogP contribution in [0.25, 0.3) is 0 Å². The van der Waals surface area contributed by atoms with Crippen molar-refractivity contribution in [1.82, 2.24) is 0 Å². The minimum atomic E-state index is -0.393. The van der Waals surface area contributed by atoms with E-state index < -0.39 is 5.91 Å². The van der Waals surface area contributed by atoms with Gasteiger partial charge in [0, 0.05) is 35.6 Å². The molecule has 0 fully saturated rings. The Hall–Kier alpha value is -2.49. The molecule has 1 aliphatic rings. The van der Waals surface area contributed by atoms with Gasteiger partial charge in [-0.3, -0.25) is 4.79 Å². The number of nitrogens with two attached hydrogens (primary N) is 2. The molecule has 4 heteroatoms. The lowest BCUT2D eigenvalue weighted by Crippen LogP contribution is -2.19. The van der Waals surface area contributed by atoms with E-state index in [1.54, 1.807) is 12.1 Å².